The second-order valence-corrected chi connectivity index (χ2v) is 9.03. The van der Waals surface area contributed by atoms with Crippen LogP contribution >= 0.6 is 0 Å². The molecule has 6 nitrogen and oxygen atoms in total. The van der Waals surface area contributed by atoms with Gasteiger partial charge in [0.1, 0.15) is 0 Å². The van der Waals surface area contributed by atoms with E-state index < -0.39 is 10.0 Å². The first-order valence-corrected chi connectivity index (χ1v) is 11.1. The van der Waals surface area contributed by atoms with Gasteiger partial charge in [0.05, 0.1) is 11.8 Å². The van der Waals surface area contributed by atoms with Crippen LogP contribution < -0.4 is 5.32 Å². The van der Waals surface area contributed by atoms with Crippen molar-refractivity contribution in [1.82, 2.24) is 14.5 Å². The highest BCUT2D eigenvalue weighted by Gasteiger charge is 2.30. The van der Waals surface area contributed by atoms with Crippen LogP contribution in [0.25, 0.3) is 0 Å². The van der Waals surface area contributed by atoms with Gasteiger partial charge in [0.15, 0.2) is 0 Å². The Hall–Kier alpha value is -2.22. The van der Waals surface area contributed by atoms with Crippen LogP contribution in [0.5, 0.6) is 0 Å². The molecule has 0 aliphatic carbocycles. The molecule has 2 aromatic carbocycles. The average Bonchev–Trinajstić information content (AvgIpc) is 2.73. The van der Waals surface area contributed by atoms with Crippen LogP contribution in [0.2, 0.25) is 0 Å². The van der Waals surface area contributed by atoms with Gasteiger partial charge in [-0.3, -0.25) is 9.69 Å². The van der Waals surface area contributed by atoms with Gasteiger partial charge in [-0.2, -0.15) is 4.31 Å². The van der Waals surface area contributed by atoms with Crippen LogP contribution in [0.15, 0.2) is 60.7 Å². The van der Waals surface area contributed by atoms with Crippen molar-refractivity contribution in [3.05, 3.63) is 71.8 Å². The molecule has 3 rings (SSSR count). The maximum atomic E-state index is 12.7. The Morgan fingerprint density at radius 1 is 0.929 bits per heavy atom. The minimum absolute atomic E-state index is 0.0148. The van der Waals surface area contributed by atoms with Gasteiger partial charge in [0.25, 0.3) is 0 Å². The first-order valence-electron chi connectivity index (χ1n) is 9.53. The molecule has 0 aromatic heterocycles. The number of nitrogens with zero attached hydrogens (tertiary/aromatic N) is 2. The highest BCUT2D eigenvalue weighted by molar-refractivity contribution is 7.88. The van der Waals surface area contributed by atoms with Gasteiger partial charge in [-0.05, 0) is 18.1 Å². The normalized spacial score (nSPS) is 17.2. The number of sulfonamides is 1. The topological polar surface area (TPSA) is 69.7 Å². The molecule has 7 heteroatoms. The third kappa shape index (κ3) is 5.41. The SMILES string of the molecule is C[C@@H](C(=O)NCc1ccccc1)N1CCN(S(=O)(=O)Cc2ccccc2)CC1. The zero-order chi connectivity index (χ0) is 20.0. The van der Waals surface area contributed by atoms with Gasteiger partial charge >= 0.3 is 0 Å². The molecule has 0 bridgehead atoms. The molecule has 150 valence electrons. The Balaban J connectivity index is 1.49. The second-order valence-electron chi connectivity index (χ2n) is 7.06. The summed E-state index contributed by atoms with van der Waals surface area (Å²) in [7, 11) is -3.35. The van der Waals surface area contributed by atoms with Gasteiger partial charge in [-0.15, -0.1) is 0 Å². The maximum absolute atomic E-state index is 12.7. The molecule has 1 N–H and O–H groups in total. The minimum Gasteiger partial charge on any atom is -0.351 e. The molecule has 0 saturated carbocycles. The van der Waals surface area contributed by atoms with Crippen molar-refractivity contribution in [3.8, 4) is 0 Å². The van der Waals surface area contributed by atoms with Gasteiger partial charge in [0, 0.05) is 32.7 Å². The molecule has 0 radical (unpaired) electrons. The largest absolute Gasteiger partial charge is 0.351 e. The van der Waals surface area contributed by atoms with Crippen LogP contribution in [0.4, 0.5) is 0 Å². The highest BCUT2D eigenvalue weighted by atomic mass is 32.2. The summed E-state index contributed by atoms with van der Waals surface area (Å²) in [5.74, 6) is -0.0227. The number of rotatable bonds is 7. The van der Waals surface area contributed by atoms with E-state index in [0.29, 0.717) is 32.7 Å². The second kappa shape index (κ2) is 9.32. The van der Waals surface area contributed by atoms with E-state index >= 15 is 0 Å². The van der Waals surface area contributed by atoms with E-state index in [9.17, 15) is 13.2 Å². The molecule has 1 amide bonds. The van der Waals surface area contributed by atoms with E-state index in [2.05, 4.69) is 5.32 Å². The lowest BCUT2D eigenvalue weighted by atomic mass is 10.2. The number of piperazine rings is 1. The molecule has 28 heavy (non-hydrogen) atoms. The fourth-order valence-electron chi connectivity index (χ4n) is 3.34. The first-order chi connectivity index (χ1) is 13.5. The van der Waals surface area contributed by atoms with Crippen molar-refractivity contribution in [2.75, 3.05) is 26.2 Å². The standard InChI is InChI=1S/C21H27N3O3S/c1-18(21(25)22-16-19-8-4-2-5-9-19)23-12-14-24(15-13-23)28(26,27)17-20-10-6-3-7-11-20/h2-11,18H,12-17H2,1H3,(H,22,25)/t18-/m0/s1. The predicted molar refractivity (Wildman–Crippen MR) is 110 cm³/mol. The molecule has 1 fully saturated rings. The molecule has 0 unspecified atom stereocenters. The highest BCUT2D eigenvalue weighted by Crippen LogP contribution is 2.15. The van der Waals surface area contributed by atoms with E-state index in [1.165, 1.54) is 4.31 Å². The Labute approximate surface area is 167 Å². The average molecular weight is 402 g/mol. The summed E-state index contributed by atoms with van der Waals surface area (Å²) < 4.78 is 26.8. The summed E-state index contributed by atoms with van der Waals surface area (Å²) >= 11 is 0. The predicted octanol–water partition coefficient (Wildman–Crippen LogP) is 1.84. The fraction of sp³-hybridized carbons (Fsp3) is 0.381. The number of hydrogen-bond acceptors (Lipinski definition) is 4. The van der Waals surface area contributed by atoms with E-state index in [-0.39, 0.29) is 17.7 Å². The lowest BCUT2D eigenvalue weighted by molar-refractivity contribution is -0.126. The number of benzene rings is 2. The van der Waals surface area contributed by atoms with Crippen molar-refractivity contribution in [3.63, 3.8) is 0 Å². The van der Waals surface area contributed by atoms with Crippen molar-refractivity contribution >= 4 is 15.9 Å². The van der Waals surface area contributed by atoms with Crippen molar-refractivity contribution in [2.45, 2.75) is 25.3 Å². The van der Waals surface area contributed by atoms with E-state index in [4.69, 9.17) is 0 Å². The Bertz CT molecular complexity index is 864. The molecular formula is C21H27N3O3S. The number of amides is 1. The first kappa shape index (κ1) is 20.5. The van der Waals surface area contributed by atoms with Crippen molar-refractivity contribution in [1.29, 1.82) is 0 Å². The minimum atomic E-state index is -3.35. The molecule has 2 aromatic rings. The van der Waals surface area contributed by atoms with Crippen LogP contribution in [0, 0.1) is 0 Å². The van der Waals surface area contributed by atoms with E-state index in [1.54, 1.807) is 0 Å². The summed E-state index contributed by atoms with van der Waals surface area (Å²) in [5.41, 5.74) is 1.85. The molecule has 0 spiro atoms. The lowest BCUT2D eigenvalue weighted by Crippen LogP contribution is -2.54. The molecular weight excluding hydrogens is 374 g/mol. The molecule has 1 atom stereocenters. The quantitative estimate of drug-likeness (QED) is 0.769. The van der Waals surface area contributed by atoms with Crippen molar-refractivity contribution in [2.24, 2.45) is 0 Å². The fourth-order valence-corrected chi connectivity index (χ4v) is 4.86. The van der Waals surface area contributed by atoms with Crippen LogP contribution in [-0.4, -0.2) is 55.8 Å². The Morgan fingerprint density at radius 3 is 2.04 bits per heavy atom. The summed E-state index contributed by atoms with van der Waals surface area (Å²) in [4.78, 5) is 14.5. The van der Waals surface area contributed by atoms with Gasteiger partial charge in [-0.25, -0.2) is 8.42 Å². The Kier molecular flexibility index (Phi) is 6.83. The monoisotopic (exact) mass is 401 g/mol. The van der Waals surface area contributed by atoms with E-state index in [0.717, 1.165) is 11.1 Å². The van der Waals surface area contributed by atoms with Gasteiger partial charge in [-0.1, -0.05) is 60.7 Å². The zero-order valence-corrected chi connectivity index (χ0v) is 16.9. The smallest absolute Gasteiger partial charge is 0.237 e. The van der Waals surface area contributed by atoms with Gasteiger partial charge < -0.3 is 5.32 Å². The number of hydrogen-bond donors (Lipinski definition) is 1. The number of carbonyl (C=O) groups excluding carboxylic acids is 1. The maximum Gasteiger partial charge on any atom is 0.237 e. The summed E-state index contributed by atoms with van der Waals surface area (Å²) in [6.45, 7) is 4.28. The summed E-state index contributed by atoms with van der Waals surface area (Å²) in [6.07, 6.45) is 0. The van der Waals surface area contributed by atoms with Gasteiger partial charge in [0.2, 0.25) is 15.9 Å². The van der Waals surface area contributed by atoms with E-state index in [1.807, 2.05) is 72.5 Å². The zero-order valence-electron chi connectivity index (χ0n) is 16.1. The number of nitrogens with one attached hydrogen (secondary N) is 1. The summed E-state index contributed by atoms with van der Waals surface area (Å²) in [6, 6.07) is 18.7. The summed E-state index contributed by atoms with van der Waals surface area (Å²) in [5, 5.41) is 2.96. The molecule has 1 saturated heterocycles. The van der Waals surface area contributed by atoms with Crippen molar-refractivity contribution < 1.29 is 13.2 Å². The molecule has 1 aliphatic rings. The Morgan fingerprint density at radius 2 is 1.46 bits per heavy atom. The third-order valence-corrected chi connectivity index (χ3v) is 6.95. The third-order valence-electron chi connectivity index (χ3n) is 5.10. The molecule has 1 heterocycles. The van der Waals surface area contributed by atoms with Crippen LogP contribution in [-0.2, 0) is 27.1 Å². The van der Waals surface area contributed by atoms with Crippen LogP contribution in [0.3, 0.4) is 0 Å². The molecule has 1 aliphatic heterocycles. The number of carbonyl (C=O) groups is 1. The van der Waals surface area contributed by atoms with Crippen LogP contribution in [0.1, 0.15) is 18.1 Å². The lowest BCUT2D eigenvalue weighted by Gasteiger charge is -2.36.